The van der Waals surface area contributed by atoms with Crippen molar-refractivity contribution in [1.82, 2.24) is 15.5 Å². The Morgan fingerprint density at radius 1 is 1.14 bits per heavy atom. The lowest BCUT2D eigenvalue weighted by atomic mass is 10.1. The zero-order valence-electron chi connectivity index (χ0n) is 15.8. The van der Waals surface area contributed by atoms with E-state index >= 15 is 0 Å². The van der Waals surface area contributed by atoms with Crippen LogP contribution in [0.5, 0.6) is 0 Å². The number of nitrogens with zero attached hydrogens (tertiary/aromatic N) is 1. The van der Waals surface area contributed by atoms with Gasteiger partial charge in [0.1, 0.15) is 18.1 Å². The van der Waals surface area contributed by atoms with E-state index in [0.29, 0.717) is 6.42 Å². The topological polar surface area (TPSA) is 205 Å². The van der Waals surface area contributed by atoms with E-state index in [0.717, 1.165) is 4.90 Å². The van der Waals surface area contributed by atoms with Gasteiger partial charge in [-0.15, -0.1) is 0 Å². The average molecular weight is 401 g/mol. The lowest BCUT2D eigenvalue weighted by Crippen LogP contribution is -2.60. The quantitative estimate of drug-likeness (QED) is 0.229. The molecule has 5 unspecified atom stereocenters. The number of aliphatic hydroxyl groups excluding tert-OH is 1. The minimum Gasteiger partial charge on any atom is -0.480 e. The lowest BCUT2D eigenvalue weighted by molar-refractivity contribution is -0.150. The molecule has 5 atom stereocenters. The van der Waals surface area contributed by atoms with Gasteiger partial charge in [0, 0.05) is 6.54 Å². The molecule has 0 aliphatic carbocycles. The molecule has 12 nitrogen and oxygen atoms in total. The maximum Gasteiger partial charge on any atom is 0.326 e. The normalized spacial score (nSPS) is 20.6. The van der Waals surface area contributed by atoms with E-state index in [2.05, 4.69) is 10.6 Å². The maximum atomic E-state index is 12.7. The van der Waals surface area contributed by atoms with Crippen molar-refractivity contribution in [3.63, 3.8) is 0 Å². The third kappa shape index (κ3) is 6.16. The number of nitrogens with two attached hydrogens (primary N) is 2. The molecule has 0 radical (unpaired) electrons. The number of carboxylic acids is 1. The van der Waals surface area contributed by atoms with Crippen LogP contribution in [0.25, 0.3) is 0 Å². The van der Waals surface area contributed by atoms with Gasteiger partial charge < -0.3 is 37.2 Å². The summed E-state index contributed by atoms with van der Waals surface area (Å²) in [6, 6.07) is -4.88. The van der Waals surface area contributed by atoms with E-state index in [1.165, 1.54) is 13.8 Å². The van der Waals surface area contributed by atoms with Gasteiger partial charge in [0.15, 0.2) is 0 Å². The molecule has 8 N–H and O–H groups in total. The van der Waals surface area contributed by atoms with E-state index in [-0.39, 0.29) is 13.0 Å². The standard InChI is InChI=1S/C16H27N5O7/c1-7(17)13(24)20-12(8(2)22)14(25)19-9(6-11(18)23)15(26)21-5-3-4-10(21)16(27)28/h7-10,12,22H,3-6,17H2,1-2H3,(H2,18,23)(H,19,25)(H,20,24)(H,27,28). The Morgan fingerprint density at radius 2 is 1.75 bits per heavy atom. The van der Waals surface area contributed by atoms with Crippen LogP contribution in [0.4, 0.5) is 0 Å². The number of hydrogen-bond acceptors (Lipinski definition) is 7. The number of amides is 4. The van der Waals surface area contributed by atoms with Crippen molar-refractivity contribution < 1.29 is 34.2 Å². The molecule has 1 heterocycles. The van der Waals surface area contributed by atoms with E-state index in [9.17, 15) is 34.2 Å². The second-order valence-electron chi connectivity index (χ2n) is 6.78. The van der Waals surface area contributed by atoms with Gasteiger partial charge in [-0.25, -0.2) is 4.79 Å². The molecule has 0 saturated carbocycles. The van der Waals surface area contributed by atoms with Crippen LogP contribution >= 0.6 is 0 Å². The molecule has 1 saturated heterocycles. The van der Waals surface area contributed by atoms with Gasteiger partial charge in [0.25, 0.3) is 0 Å². The summed E-state index contributed by atoms with van der Waals surface area (Å²) in [4.78, 5) is 60.7. The van der Waals surface area contributed by atoms with Gasteiger partial charge in [-0.3, -0.25) is 19.2 Å². The molecular weight excluding hydrogens is 374 g/mol. The van der Waals surface area contributed by atoms with Crippen molar-refractivity contribution in [3.05, 3.63) is 0 Å². The van der Waals surface area contributed by atoms with Crippen LogP contribution < -0.4 is 22.1 Å². The van der Waals surface area contributed by atoms with Crippen LogP contribution in [-0.4, -0.2) is 81.5 Å². The van der Waals surface area contributed by atoms with Crippen LogP contribution in [0.2, 0.25) is 0 Å². The van der Waals surface area contributed by atoms with Crippen molar-refractivity contribution in [2.24, 2.45) is 11.5 Å². The Labute approximate surface area is 161 Å². The Kier molecular flexibility index (Phi) is 8.32. The first-order valence-electron chi connectivity index (χ1n) is 8.81. The molecule has 0 aromatic carbocycles. The smallest absolute Gasteiger partial charge is 0.326 e. The fraction of sp³-hybridized carbons (Fsp3) is 0.688. The van der Waals surface area contributed by atoms with Gasteiger partial charge in [-0.1, -0.05) is 0 Å². The zero-order chi connectivity index (χ0) is 21.6. The average Bonchev–Trinajstić information content (AvgIpc) is 3.07. The van der Waals surface area contributed by atoms with Crippen molar-refractivity contribution in [1.29, 1.82) is 0 Å². The number of primary amides is 1. The minimum absolute atomic E-state index is 0.155. The molecule has 0 spiro atoms. The minimum atomic E-state index is -1.43. The fourth-order valence-corrected chi connectivity index (χ4v) is 2.84. The molecule has 158 valence electrons. The monoisotopic (exact) mass is 401 g/mol. The summed E-state index contributed by atoms with van der Waals surface area (Å²) in [6.45, 7) is 2.78. The van der Waals surface area contributed by atoms with E-state index in [4.69, 9.17) is 11.5 Å². The molecule has 0 aromatic rings. The second-order valence-corrected chi connectivity index (χ2v) is 6.78. The molecule has 1 aliphatic heterocycles. The molecule has 0 aromatic heterocycles. The highest BCUT2D eigenvalue weighted by Gasteiger charge is 2.39. The number of carbonyl (C=O) groups excluding carboxylic acids is 4. The number of aliphatic carboxylic acids is 1. The highest BCUT2D eigenvalue weighted by atomic mass is 16.4. The van der Waals surface area contributed by atoms with Crippen LogP contribution in [0.15, 0.2) is 0 Å². The van der Waals surface area contributed by atoms with Crippen LogP contribution in [0.3, 0.4) is 0 Å². The van der Waals surface area contributed by atoms with E-state index in [1.807, 2.05) is 0 Å². The summed E-state index contributed by atoms with van der Waals surface area (Å²) in [5.74, 6) is -4.50. The molecule has 28 heavy (non-hydrogen) atoms. The molecular formula is C16H27N5O7. The number of carboxylic acid groups (broad SMARTS) is 1. The Bertz CT molecular complexity index is 637. The highest BCUT2D eigenvalue weighted by Crippen LogP contribution is 2.19. The van der Waals surface area contributed by atoms with Gasteiger partial charge in [0.05, 0.1) is 18.6 Å². The maximum absolute atomic E-state index is 12.7. The van der Waals surface area contributed by atoms with E-state index < -0.39 is 66.3 Å². The van der Waals surface area contributed by atoms with Crippen LogP contribution in [0, 0.1) is 0 Å². The third-order valence-electron chi connectivity index (χ3n) is 4.32. The summed E-state index contributed by atoms with van der Waals surface area (Å²) in [7, 11) is 0. The van der Waals surface area contributed by atoms with Crippen molar-refractivity contribution in [2.75, 3.05) is 6.54 Å². The largest absolute Gasteiger partial charge is 0.480 e. The first kappa shape index (κ1) is 23.3. The molecule has 1 rings (SSSR count). The predicted octanol–water partition coefficient (Wildman–Crippen LogP) is -3.36. The van der Waals surface area contributed by atoms with Gasteiger partial charge >= 0.3 is 5.97 Å². The Morgan fingerprint density at radius 3 is 2.21 bits per heavy atom. The van der Waals surface area contributed by atoms with Gasteiger partial charge in [-0.2, -0.15) is 0 Å². The second kappa shape index (κ2) is 9.99. The van der Waals surface area contributed by atoms with Crippen molar-refractivity contribution in [3.8, 4) is 0 Å². The molecule has 12 heteroatoms. The van der Waals surface area contributed by atoms with Crippen LogP contribution in [-0.2, 0) is 24.0 Å². The van der Waals surface area contributed by atoms with Crippen molar-refractivity contribution >= 4 is 29.6 Å². The van der Waals surface area contributed by atoms with Gasteiger partial charge in [0.2, 0.25) is 23.6 Å². The molecule has 4 amide bonds. The fourth-order valence-electron chi connectivity index (χ4n) is 2.84. The molecule has 0 bridgehead atoms. The molecule has 1 aliphatic rings. The summed E-state index contributed by atoms with van der Waals surface area (Å²) >= 11 is 0. The molecule has 1 fully saturated rings. The number of rotatable bonds is 9. The predicted molar refractivity (Wildman–Crippen MR) is 95.4 cm³/mol. The number of carbonyl (C=O) groups is 5. The summed E-state index contributed by atoms with van der Waals surface area (Å²) in [6.07, 6.45) is -1.19. The SMILES string of the molecule is CC(N)C(=O)NC(C(=O)NC(CC(N)=O)C(=O)N1CCCC1C(=O)O)C(C)O. The third-order valence-corrected chi connectivity index (χ3v) is 4.32. The summed E-state index contributed by atoms with van der Waals surface area (Å²) in [5, 5.41) is 23.5. The van der Waals surface area contributed by atoms with E-state index in [1.54, 1.807) is 0 Å². The first-order valence-corrected chi connectivity index (χ1v) is 8.81. The summed E-state index contributed by atoms with van der Waals surface area (Å²) in [5.41, 5.74) is 10.6. The van der Waals surface area contributed by atoms with Crippen molar-refractivity contribution in [2.45, 2.75) is 63.4 Å². The van der Waals surface area contributed by atoms with Crippen LogP contribution in [0.1, 0.15) is 33.1 Å². The number of likely N-dealkylation sites (tertiary alicyclic amines) is 1. The zero-order valence-corrected chi connectivity index (χ0v) is 15.8. The lowest BCUT2D eigenvalue weighted by Gasteiger charge is -2.29. The first-order chi connectivity index (χ1) is 13.0. The van der Waals surface area contributed by atoms with Gasteiger partial charge in [-0.05, 0) is 26.7 Å². The number of nitrogens with one attached hydrogen (secondary N) is 2. The Balaban J connectivity index is 2.98. The highest BCUT2D eigenvalue weighted by molar-refractivity contribution is 5.96. The number of hydrogen-bond donors (Lipinski definition) is 6. The summed E-state index contributed by atoms with van der Waals surface area (Å²) < 4.78 is 0. The Hall–Kier alpha value is -2.73. The number of aliphatic hydroxyl groups is 1.